The molecule has 0 radical (unpaired) electrons. The molecular formula is C21H26F2N4O. The first-order valence-corrected chi connectivity index (χ1v) is 9.91. The van der Waals surface area contributed by atoms with E-state index in [-0.39, 0.29) is 17.8 Å². The number of hydrogen-bond donors (Lipinski definition) is 1. The molecule has 0 amide bonds. The molecule has 1 aromatic carbocycles. The molecule has 28 heavy (non-hydrogen) atoms. The third-order valence-corrected chi connectivity index (χ3v) is 5.31. The lowest BCUT2D eigenvalue weighted by Gasteiger charge is -2.40. The molecule has 3 unspecified atom stereocenters. The average molecular weight is 388 g/mol. The average Bonchev–Trinajstić information content (AvgIpc) is 3.49. The molecule has 7 heteroatoms. The van der Waals surface area contributed by atoms with E-state index in [2.05, 4.69) is 20.2 Å². The summed E-state index contributed by atoms with van der Waals surface area (Å²) in [6.07, 6.45) is 3.98. The maximum atomic E-state index is 14.6. The van der Waals surface area contributed by atoms with Gasteiger partial charge in [0, 0.05) is 37.3 Å². The summed E-state index contributed by atoms with van der Waals surface area (Å²) in [5.74, 6) is 0.919. The molecule has 4 rings (SSSR count). The molecule has 1 saturated carbocycles. The molecule has 0 bridgehead atoms. The van der Waals surface area contributed by atoms with Crippen LogP contribution in [0, 0.1) is 11.6 Å². The van der Waals surface area contributed by atoms with Crippen LogP contribution in [0.25, 0.3) is 0 Å². The van der Waals surface area contributed by atoms with Crippen LogP contribution in [-0.2, 0) is 4.74 Å². The Morgan fingerprint density at radius 1 is 1.14 bits per heavy atom. The highest BCUT2D eigenvalue weighted by atomic mass is 19.1. The van der Waals surface area contributed by atoms with Crippen molar-refractivity contribution in [2.75, 3.05) is 25.0 Å². The number of nitrogens with zero attached hydrogens (tertiary/aromatic N) is 3. The first kappa shape index (κ1) is 19.2. The zero-order valence-corrected chi connectivity index (χ0v) is 16.2. The van der Waals surface area contributed by atoms with E-state index in [4.69, 9.17) is 4.74 Å². The van der Waals surface area contributed by atoms with Gasteiger partial charge in [-0.2, -0.15) is 0 Å². The van der Waals surface area contributed by atoms with E-state index in [1.165, 1.54) is 18.2 Å². The molecule has 3 atom stereocenters. The Hall–Kier alpha value is -2.12. The number of aromatic nitrogens is 2. The number of halogens is 2. The Labute approximate surface area is 164 Å². The normalized spacial score (nSPS) is 24.1. The van der Waals surface area contributed by atoms with Crippen molar-refractivity contribution >= 4 is 5.82 Å². The second kappa shape index (κ2) is 8.09. The summed E-state index contributed by atoms with van der Waals surface area (Å²) in [5, 5.41) is 3.28. The molecule has 0 spiro atoms. The summed E-state index contributed by atoms with van der Waals surface area (Å²) in [7, 11) is 0. The summed E-state index contributed by atoms with van der Waals surface area (Å²) in [5.41, 5.74) is 0.0905. The lowest BCUT2D eigenvalue weighted by Crippen LogP contribution is -2.48. The van der Waals surface area contributed by atoms with E-state index in [9.17, 15) is 8.78 Å². The van der Waals surface area contributed by atoms with Gasteiger partial charge in [0.05, 0.1) is 18.2 Å². The van der Waals surface area contributed by atoms with E-state index in [1.807, 2.05) is 13.8 Å². The Kier molecular flexibility index (Phi) is 5.55. The van der Waals surface area contributed by atoms with Crippen LogP contribution >= 0.6 is 0 Å². The number of benzene rings is 1. The van der Waals surface area contributed by atoms with Crippen LogP contribution in [0.15, 0.2) is 30.5 Å². The second-order valence-electron chi connectivity index (χ2n) is 7.82. The standard InChI is InChI=1S/C21H26F2N4O/c1-13-11-27(12-14(2)28-13)18(20-16(22)4-3-5-17(20)23)10-25-19-8-9-24-21(26-19)15-6-7-15/h3-5,8-9,13-15,18H,6-7,10-12H2,1-2H3,(H,24,25,26). The fourth-order valence-electron chi connectivity index (χ4n) is 3.93. The molecule has 2 aliphatic rings. The zero-order valence-electron chi connectivity index (χ0n) is 16.2. The highest BCUT2D eigenvalue weighted by molar-refractivity contribution is 5.35. The largest absolute Gasteiger partial charge is 0.373 e. The summed E-state index contributed by atoms with van der Waals surface area (Å²) >= 11 is 0. The monoisotopic (exact) mass is 388 g/mol. The van der Waals surface area contributed by atoms with Gasteiger partial charge in [-0.1, -0.05) is 6.07 Å². The molecule has 1 aliphatic carbocycles. The number of nitrogens with one attached hydrogen (secondary N) is 1. The van der Waals surface area contributed by atoms with Gasteiger partial charge >= 0.3 is 0 Å². The van der Waals surface area contributed by atoms with E-state index < -0.39 is 17.7 Å². The maximum absolute atomic E-state index is 14.6. The number of anilines is 1. The molecule has 2 fully saturated rings. The van der Waals surface area contributed by atoms with Gasteiger partial charge in [-0.25, -0.2) is 18.7 Å². The van der Waals surface area contributed by atoms with Crippen LogP contribution in [0.3, 0.4) is 0 Å². The van der Waals surface area contributed by atoms with Crippen molar-refractivity contribution in [3.05, 3.63) is 53.5 Å². The van der Waals surface area contributed by atoms with Gasteiger partial charge in [0.25, 0.3) is 0 Å². The Bertz CT molecular complexity index is 800. The van der Waals surface area contributed by atoms with E-state index in [1.54, 1.807) is 12.3 Å². The minimum Gasteiger partial charge on any atom is -0.373 e. The Morgan fingerprint density at radius 3 is 2.46 bits per heavy atom. The quantitative estimate of drug-likeness (QED) is 0.814. The number of ether oxygens (including phenoxy) is 1. The molecule has 1 aromatic heterocycles. The highest BCUT2D eigenvalue weighted by Gasteiger charge is 2.32. The Morgan fingerprint density at radius 2 is 1.82 bits per heavy atom. The van der Waals surface area contributed by atoms with Gasteiger partial charge in [-0.05, 0) is 44.9 Å². The molecule has 150 valence electrons. The molecule has 5 nitrogen and oxygen atoms in total. The molecule has 1 saturated heterocycles. The van der Waals surface area contributed by atoms with E-state index in [0.717, 1.165) is 18.7 Å². The van der Waals surface area contributed by atoms with Crippen LogP contribution in [0.4, 0.5) is 14.6 Å². The summed E-state index contributed by atoms with van der Waals surface area (Å²) in [6, 6.07) is 5.36. The lowest BCUT2D eigenvalue weighted by atomic mass is 10.0. The maximum Gasteiger partial charge on any atom is 0.133 e. The minimum absolute atomic E-state index is 0.00149. The van der Waals surface area contributed by atoms with Crippen molar-refractivity contribution < 1.29 is 13.5 Å². The van der Waals surface area contributed by atoms with Crippen molar-refractivity contribution in [2.24, 2.45) is 0 Å². The minimum atomic E-state index is -0.528. The molecule has 2 aromatic rings. The third-order valence-electron chi connectivity index (χ3n) is 5.31. The van der Waals surface area contributed by atoms with Crippen LogP contribution in [0.1, 0.15) is 50.0 Å². The number of hydrogen-bond acceptors (Lipinski definition) is 5. The second-order valence-corrected chi connectivity index (χ2v) is 7.82. The van der Waals surface area contributed by atoms with Gasteiger partial charge in [-0.15, -0.1) is 0 Å². The van der Waals surface area contributed by atoms with Crippen molar-refractivity contribution in [1.82, 2.24) is 14.9 Å². The summed E-state index contributed by atoms with van der Waals surface area (Å²) in [4.78, 5) is 11.0. The van der Waals surface area contributed by atoms with Gasteiger partial charge in [0.15, 0.2) is 0 Å². The van der Waals surface area contributed by atoms with Crippen molar-refractivity contribution in [2.45, 2.75) is 50.9 Å². The number of morpholine rings is 1. The molecular weight excluding hydrogens is 362 g/mol. The van der Waals surface area contributed by atoms with Crippen molar-refractivity contribution in [1.29, 1.82) is 0 Å². The number of rotatable bonds is 6. The molecule has 1 N–H and O–H groups in total. The predicted molar refractivity (Wildman–Crippen MR) is 103 cm³/mol. The van der Waals surface area contributed by atoms with Crippen LogP contribution in [-0.4, -0.2) is 46.7 Å². The van der Waals surface area contributed by atoms with Crippen LogP contribution < -0.4 is 5.32 Å². The molecule has 1 aliphatic heterocycles. The fraction of sp³-hybridized carbons (Fsp3) is 0.524. The topological polar surface area (TPSA) is 50.3 Å². The van der Waals surface area contributed by atoms with Crippen LogP contribution in [0.5, 0.6) is 0 Å². The van der Waals surface area contributed by atoms with Gasteiger partial charge < -0.3 is 10.1 Å². The highest BCUT2D eigenvalue weighted by Crippen LogP contribution is 2.38. The zero-order chi connectivity index (χ0) is 19.7. The van der Waals surface area contributed by atoms with Gasteiger partial charge in [-0.3, -0.25) is 4.90 Å². The molecule has 2 heterocycles. The lowest BCUT2D eigenvalue weighted by molar-refractivity contribution is -0.0801. The predicted octanol–water partition coefficient (Wildman–Crippen LogP) is 3.89. The first-order valence-electron chi connectivity index (χ1n) is 9.91. The van der Waals surface area contributed by atoms with E-state index >= 15 is 0 Å². The fourth-order valence-corrected chi connectivity index (χ4v) is 3.93. The SMILES string of the molecule is CC1CN(C(CNc2ccnc(C3CC3)n2)c2c(F)cccc2F)CC(C)O1. The Balaban J connectivity index is 1.58. The van der Waals surface area contributed by atoms with E-state index in [0.29, 0.717) is 31.4 Å². The third kappa shape index (κ3) is 4.31. The van der Waals surface area contributed by atoms with Gasteiger partial charge in [0.1, 0.15) is 23.3 Å². The van der Waals surface area contributed by atoms with Crippen molar-refractivity contribution in [3.63, 3.8) is 0 Å². The van der Waals surface area contributed by atoms with Gasteiger partial charge in [0.2, 0.25) is 0 Å². The first-order chi connectivity index (χ1) is 13.5. The van der Waals surface area contributed by atoms with Crippen molar-refractivity contribution in [3.8, 4) is 0 Å². The summed E-state index contributed by atoms with van der Waals surface area (Å²) in [6.45, 7) is 5.54. The van der Waals surface area contributed by atoms with Crippen LogP contribution in [0.2, 0.25) is 0 Å². The smallest absolute Gasteiger partial charge is 0.133 e. The summed E-state index contributed by atoms with van der Waals surface area (Å²) < 4.78 is 35.0.